The lowest BCUT2D eigenvalue weighted by Gasteiger charge is -2.23. The molecule has 0 aliphatic heterocycles. The number of nitrogens with one attached hydrogen (secondary N) is 1. The number of benzene rings is 2. The number of ether oxygens (including phenoxy) is 1. The lowest BCUT2D eigenvalue weighted by atomic mass is 10.2. The molecule has 1 N–H and O–H groups in total. The second-order valence-electron chi connectivity index (χ2n) is 6.86. The number of aryl methyl sites for hydroxylation is 1. The van der Waals surface area contributed by atoms with Crippen LogP contribution in [-0.4, -0.2) is 42.8 Å². The zero-order chi connectivity index (χ0) is 21.2. The monoisotopic (exact) mass is 408 g/mol. The van der Waals surface area contributed by atoms with E-state index in [1.807, 2.05) is 42.5 Å². The van der Waals surface area contributed by atoms with Crippen LogP contribution in [0, 0.1) is 0 Å². The highest BCUT2D eigenvalue weighted by Gasteiger charge is 2.11. The van der Waals surface area contributed by atoms with Gasteiger partial charge in [0, 0.05) is 43.7 Å². The quantitative estimate of drug-likeness (QED) is 0.487. The van der Waals surface area contributed by atoms with Crippen LogP contribution in [0.2, 0.25) is 0 Å². The Morgan fingerprint density at radius 2 is 1.90 bits per heavy atom. The van der Waals surface area contributed by atoms with E-state index in [9.17, 15) is 4.79 Å². The van der Waals surface area contributed by atoms with E-state index in [-0.39, 0.29) is 5.91 Å². The van der Waals surface area contributed by atoms with Gasteiger partial charge in [-0.15, -0.1) is 0 Å². The van der Waals surface area contributed by atoms with E-state index in [2.05, 4.69) is 39.4 Å². The third-order valence-corrected chi connectivity index (χ3v) is 4.81. The van der Waals surface area contributed by atoms with Gasteiger partial charge in [-0.1, -0.05) is 23.4 Å². The molecule has 0 aliphatic carbocycles. The van der Waals surface area contributed by atoms with E-state index >= 15 is 0 Å². The number of rotatable bonds is 11. The van der Waals surface area contributed by atoms with E-state index in [4.69, 9.17) is 9.26 Å². The number of hydrogen-bond acceptors (Lipinski definition) is 6. The smallest absolute Gasteiger partial charge is 0.227 e. The van der Waals surface area contributed by atoms with Crippen molar-refractivity contribution in [3.8, 4) is 17.1 Å². The number of hydrogen-bond donors (Lipinski definition) is 1. The third-order valence-electron chi connectivity index (χ3n) is 4.81. The maximum atomic E-state index is 12.1. The minimum Gasteiger partial charge on any atom is -0.497 e. The predicted molar refractivity (Wildman–Crippen MR) is 117 cm³/mol. The molecule has 0 spiro atoms. The van der Waals surface area contributed by atoms with Crippen molar-refractivity contribution in [1.82, 2.24) is 15.5 Å². The van der Waals surface area contributed by atoms with Crippen molar-refractivity contribution < 1.29 is 14.1 Å². The first-order valence-electron chi connectivity index (χ1n) is 10.2. The second-order valence-corrected chi connectivity index (χ2v) is 6.86. The van der Waals surface area contributed by atoms with Gasteiger partial charge in [0.25, 0.3) is 0 Å². The Hall–Kier alpha value is -3.35. The van der Waals surface area contributed by atoms with Gasteiger partial charge >= 0.3 is 0 Å². The maximum Gasteiger partial charge on any atom is 0.227 e. The molecule has 30 heavy (non-hydrogen) atoms. The molecule has 7 nitrogen and oxygen atoms in total. The molecule has 0 radical (unpaired) electrons. The first kappa shape index (κ1) is 21.4. The standard InChI is InChI=1S/C23H28N4O3/c1-3-27(19-8-5-4-6-9-19)17-7-16-24-21(28)14-15-22-25-23(26-30-22)18-10-12-20(29-2)13-11-18/h4-6,8-13H,3,7,14-17H2,1-2H3,(H,24,28). The van der Waals surface area contributed by atoms with Gasteiger partial charge in [0.15, 0.2) is 0 Å². The highest BCUT2D eigenvalue weighted by molar-refractivity contribution is 5.76. The van der Waals surface area contributed by atoms with Crippen molar-refractivity contribution in [3.05, 3.63) is 60.5 Å². The number of para-hydroxylation sites is 1. The average molecular weight is 409 g/mol. The van der Waals surface area contributed by atoms with E-state index in [1.165, 1.54) is 5.69 Å². The first-order valence-corrected chi connectivity index (χ1v) is 10.2. The summed E-state index contributed by atoms with van der Waals surface area (Å²) in [5.74, 6) is 1.72. The van der Waals surface area contributed by atoms with E-state index in [0.717, 1.165) is 30.8 Å². The van der Waals surface area contributed by atoms with E-state index < -0.39 is 0 Å². The molecule has 0 aliphatic rings. The molecule has 0 fully saturated rings. The summed E-state index contributed by atoms with van der Waals surface area (Å²) in [6, 6.07) is 17.7. The largest absolute Gasteiger partial charge is 0.497 e. The molecule has 2 aromatic carbocycles. The van der Waals surface area contributed by atoms with Gasteiger partial charge in [0.1, 0.15) is 5.75 Å². The Morgan fingerprint density at radius 1 is 1.13 bits per heavy atom. The van der Waals surface area contributed by atoms with Crippen LogP contribution in [-0.2, 0) is 11.2 Å². The summed E-state index contributed by atoms with van der Waals surface area (Å²) in [5, 5.41) is 6.95. The Kier molecular flexibility index (Phi) is 7.83. The van der Waals surface area contributed by atoms with Crippen LogP contribution in [0.4, 0.5) is 5.69 Å². The van der Waals surface area contributed by atoms with Crippen LogP contribution in [0.5, 0.6) is 5.75 Å². The number of carbonyl (C=O) groups is 1. The molecule has 1 aromatic heterocycles. The fraction of sp³-hybridized carbons (Fsp3) is 0.348. The molecular formula is C23H28N4O3. The number of aromatic nitrogens is 2. The summed E-state index contributed by atoms with van der Waals surface area (Å²) in [5.41, 5.74) is 2.05. The topological polar surface area (TPSA) is 80.5 Å². The Morgan fingerprint density at radius 3 is 2.60 bits per heavy atom. The first-order chi connectivity index (χ1) is 14.7. The summed E-state index contributed by atoms with van der Waals surface area (Å²) in [7, 11) is 1.62. The van der Waals surface area contributed by atoms with Gasteiger partial charge in [-0.3, -0.25) is 4.79 Å². The molecule has 0 saturated heterocycles. The lowest BCUT2D eigenvalue weighted by Crippen LogP contribution is -2.30. The van der Waals surface area contributed by atoms with Crippen molar-refractivity contribution in [3.63, 3.8) is 0 Å². The Labute approximate surface area is 177 Å². The number of carbonyl (C=O) groups excluding carboxylic acids is 1. The number of amides is 1. The summed E-state index contributed by atoms with van der Waals surface area (Å²) in [6.07, 6.45) is 1.62. The molecule has 158 valence electrons. The molecule has 7 heteroatoms. The van der Waals surface area contributed by atoms with Crippen LogP contribution in [0.1, 0.15) is 25.7 Å². The normalized spacial score (nSPS) is 10.6. The highest BCUT2D eigenvalue weighted by atomic mass is 16.5. The fourth-order valence-electron chi connectivity index (χ4n) is 3.13. The molecular weight excluding hydrogens is 380 g/mol. The third kappa shape index (κ3) is 6.07. The van der Waals surface area contributed by atoms with Crippen molar-refractivity contribution in [2.75, 3.05) is 31.6 Å². The number of nitrogens with zero attached hydrogens (tertiary/aromatic N) is 3. The van der Waals surface area contributed by atoms with E-state index in [0.29, 0.717) is 31.1 Å². The highest BCUT2D eigenvalue weighted by Crippen LogP contribution is 2.20. The number of methoxy groups -OCH3 is 1. The lowest BCUT2D eigenvalue weighted by molar-refractivity contribution is -0.121. The molecule has 3 aromatic rings. The van der Waals surface area contributed by atoms with Crippen molar-refractivity contribution in [1.29, 1.82) is 0 Å². The predicted octanol–water partition coefficient (Wildman–Crippen LogP) is 3.71. The summed E-state index contributed by atoms with van der Waals surface area (Å²) in [6.45, 7) is 4.61. The van der Waals surface area contributed by atoms with Crippen LogP contribution >= 0.6 is 0 Å². The van der Waals surface area contributed by atoms with Gasteiger partial charge in [-0.2, -0.15) is 4.98 Å². The maximum absolute atomic E-state index is 12.1. The van der Waals surface area contributed by atoms with Crippen molar-refractivity contribution >= 4 is 11.6 Å². The van der Waals surface area contributed by atoms with Crippen LogP contribution in [0.3, 0.4) is 0 Å². The van der Waals surface area contributed by atoms with Gasteiger partial charge in [0.2, 0.25) is 17.6 Å². The summed E-state index contributed by atoms with van der Waals surface area (Å²) >= 11 is 0. The summed E-state index contributed by atoms with van der Waals surface area (Å²) < 4.78 is 10.4. The SMILES string of the molecule is CCN(CCCNC(=O)CCc1nc(-c2ccc(OC)cc2)no1)c1ccccc1. The van der Waals surface area contributed by atoms with Crippen LogP contribution in [0.25, 0.3) is 11.4 Å². The van der Waals surface area contributed by atoms with Gasteiger partial charge in [-0.25, -0.2) is 0 Å². The van der Waals surface area contributed by atoms with Gasteiger partial charge in [-0.05, 0) is 49.7 Å². The summed E-state index contributed by atoms with van der Waals surface area (Å²) in [4.78, 5) is 18.8. The number of anilines is 1. The molecule has 1 amide bonds. The van der Waals surface area contributed by atoms with Gasteiger partial charge in [0.05, 0.1) is 7.11 Å². The second kappa shape index (κ2) is 11.0. The molecule has 0 saturated carbocycles. The fourth-order valence-corrected chi connectivity index (χ4v) is 3.13. The van der Waals surface area contributed by atoms with Crippen LogP contribution in [0.15, 0.2) is 59.1 Å². The molecule has 0 atom stereocenters. The Bertz CT molecular complexity index is 910. The Balaban J connectivity index is 1.38. The zero-order valence-electron chi connectivity index (χ0n) is 17.5. The van der Waals surface area contributed by atoms with Crippen LogP contribution < -0.4 is 15.0 Å². The van der Waals surface area contributed by atoms with Crippen molar-refractivity contribution in [2.45, 2.75) is 26.2 Å². The minimum absolute atomic E-state index is 0.0121. The average Bonchev–Trinajstić information content (AvgIpc) is 3.27. The van der Waals surface area contributed by atoms with Crippen molar-refractivity contribution in [2.24, 2.45) is 0 Å². The molecule has 3 rings (SSSR count). The zero-order valence-corrected chi connectivity index (χ0v) is 17.5. The minimum atomic E-state index is -0.0121. The van der Waals surface area contributed by atoms with Gasteiger partial charge < -0.3 is 19.5 Å². The molecule has 0 unspecified atom stereocenters. The van der Waals surface area contributed by atoms with E-state index in [1.54, 1.807) is 7.11 Å². The molecule has 0 bridgehead atoms. The molecule has 1 heterocycles.